The topological polar surface area (TPSA) is 79.0 Å². The lowest BCUT2D eigenvalue weighted by atomic mass is 9.99. The van der Waals surface area contributed by atoms with E-state index in [1.165, 1.54) is 22.7 Å². The summed E-state index contributed by atoms with van der Waals surface area (Å²) in [4.78, 5) is 12.5. The molecule has 1 saturated heterocycles. The average molecular weight is 384 g/mol. The quantitative estimate of drug-likeness (QED) is 0.776. The molecule has 0 aliphatic carbocycles. The summed E-state index contributed by atoms with van der Waals surface area (Å²) in [5.74, 6) is 0.333. The first-order valence-electron chi connectivity index (χ1n) is 8.91. The van der Waals surface area contributed by atoms with Crippen molar-refractivity contribution in [3.8, 4) is 5.75 Å². The minimum absolute atomic E-state index is 0.0895. The molecule has 26 heavy (non-hydrogen) atoms. The summed E-state index contributed by atoms with van der Waals surface area (Å²) < 4.78 is 32.8. The number of nitrogens with zero attached hydrogens (tertiary/aromatic N) is 2. The van der Waals surface area contributed by atoms with Crippen LogP contribution in [0.3, 0.4) is 0 Å². The summed E-state index contributed by atoms with van der Waals surface area (Å²) >= 11 is 0. The Morgan fingerprint density at radius 1 is 1.38 bits per heavy atom. The number of amides is 1. The third-order valence-electron chi connectivity index (χ3n) is 4.28. The van der Waals surface area contributed by atoms with Crippen LogP contribution in [0, 0.1) is 5.92 Å². The highest BCUT2D eigenvalue weighted by molar-refractivity contribution is 7.86. The van der Waals surface area contributed by atoms with Crippen LogP contribution in [0.4, 0.5) is 0 Å². The van der Waals surface area contributed by atoms with Gasteiger partial charge in [-0.15, -0.1) is 0 Å². The molecule has 1 aliphatic rings. The fourth-order valence-electron chi connectivity index (χ4n) is 2.93. The zero-order valence-electron chi connectivity index (χ0n) is 15.9. The first-order valence-corrected chi connectivity index (χ1v) is 10.3. The molecule has 1 aliphatic heterocycles. The summed E-state index contributed by atoms with van der Waals surface area (Å²) in [5.41, 5.74) is 0.949. The van der Waals surface area contributed by atoms with Gasteiger partial charge in [0.2, 0.25) is 5.91 Å². The van der Waals surface area contributed by atoms with E-state index in [4.69, 9.17) is 4.74 Å². The van der Waals surface area contributed by atoms with Gasteiger partial charge in [-0.25, -0.2) is 0 Å². The SMILES string of the molecule is CC(C)Oc1cccc(CNC(=O)[C@@H]2CCCN(S(=O)(=O)N(C)C)C2)c1. The van der Waals surface area contributed by atoms with Gasteiger partial charge in [-0.3, -0.25) is 4.79 Å². The average Bonchev–Trinajstić information content (AvgIpc) is 2.59. The number of benzene rings is 1. The lowest BCUT2D eigenvalue weighted by molar-refractivity contribution is -0.126. The summed E-state index contributed by atoms with van der Waals surface area (Å²) in [7, 11) is -0.470. The van der Waals surface area contributed by atoms with Crippen molar-refractivity contribution in [1.29, 1.82) is 0 Å². The summed E-state index contributed by atoms with van der Waals surface area (Å²) in [6, 6.07) is 7.61. The zero-order valence-corrected chi connectivity index (χ0v) is 16.8. The predicted molar refractivity (Wildman–Crippen MR) is 101 cm³/mol. The summed E-state index contributed by atoms with van der Waals surface area (Å²) in [6.45, 7) is 5.00. The maximum atomic E-state index is 12.5. The molecule has 7 nitrogen and oxygen atoms in total. The van der Waals surface area contributed by atoms with Crippen molar-refractivity contribution < 1.29 is 17.9 Å². The van der Waals surface area contributed by atoms with Gasteiger partial charge in [0.05, 0.1) is 12.0 Å². The molecule has 0 radical (unpaired) electrons. The number of carbonyl (C=O) groups is 1. The fraction of sp³-hybridized carbons (Fsp3) is 0.611. The van der Waals surface area contributed by atoms with E-state index in [9.17, 15) is 13.2 Å². The monoisotopic (exact) mass is 383 g/mol. The van der Waals surface area contributed by atoms with E-state index >= 15 is 0 Å². The molecule has 1 atom stereocenters. The summed E-state index contributed by atoms with van der Waals surface area (Å²) in [6.07, 6.45) is 1.47. The molecular weight excluding hydrogens is 354 g/mol. The molecule has 1 aromatic rings. The second-order valence-corrected chi connectivity index (χ2v) is 9.16. The highest BCUT2D eigenvalue weighted by atomic mass is 32.2. The van der Waals surface area contributed by atoms with Crippen LogP contribution in [-0.2, 0) is 21.5 Å². The molecule has 0 spiro atoms. The van der Waals surface area contributed by atoms with Crippen molar-refractivity contribution in [1.82, 2.24) is 13.9 Å². The Balaban J connectivity index is 1.93. The minimum Gasteiger partial charge on any atom is -0.491 e. The van der Waals surface area contributed by atoms with E-state index in [2.05, 4.69) is 5.32 Å². The van der Waals surface area contributed by atoms with Crippen LogP contribution < -0.4 is 10.1 Å². The van der Waals surface area contributed by atoms with Gasteiger partial charge < -0.3 is 10.1 Å². The largest absolute Gasteiger partial charge is 0.491 e. The molecule has 0 saturated carbocycles. The van der Waals surface area contributed by atoms with E-state index in [0.29, 0.717) is 25.9 Å². The number of hydrogen-bond acceptors (Lipinski definition) is 4. The number of nitrogens with one attached hydrogen (secondary N) is 1. The number of hydrogen-bond donors (Lipinski definition) is 1. The number of ether oxygens (including phenoxy) is 1. The number of carbonyl (C=O) groups excluding carboxylic acids is 1. The van der Waals surface area contributed by atoms with E-state index in [1.807, 2.05) is 38.1 Å². The Morgan fingerprint density at radius 3 is 2.77 bits per heavy atom. The molecule has 0 aromatic heterocycles. The van der Waals surface area contributed by atoms with E-state index in [1.54, 1.807) is 0 Å². The molecule has 1 N–H and O–H groups in total. The van der Waals surface area contributed by atoms with Crippen LogP contribution in [0.1, 0.15) is 32.3 Å². The van der Waals surface area contributed by atoms with Gasteiger partial charge in [0.1, 0.15) is 5.75 Å². The third kappa shape index (κ3) is 5.43. The lowest BCUT2D eigenvalue weighted by Crippen LogP contribution is -2.48. The van der Waals surface area contributed by atoms with Gasteiger partial charge in [-0.05, 0) is 44.4 Å². The van der Waals surface area contributed by atoms with Gasteiger partial charge in [0, 0.05) is 33.7 Å². The molecule has 1 heterocycles. The standard InChI is InChI=1S/C18H29N3O4S/c1-14(2)25-17-9-5-7-15(11-17)12-19-18(22)16-8-6-10-21(13-16)26(23,24)20(3)4/h5,7,9,11,14,16H,6,8,10,12-13H2,1-4H3,(H,19,22)/t16-/m1/s1. The van der Waals surface area contributed by atoms with Crippen molar-refractivity contribution in [3.63, 3.8) is 0 Å². The molecule has 1 fully saturated rings. The molecule has 146 valence electrons. The molecule has 0 bridgehead atoms. The Bertz CT molecular complexity index is 719. The lowest BCUT2D eigenvalue weighted by Gasteiger charge is -2.32. The van der Waals surface area contributed by atoms with Crippen molar-refractivity contribution in [2.45, 2.75) is 39.3 Å². The highest BCUT2D eigenvalue weighted by Gasteiger charge is 2.33. The number of piperidine rings is 1. The smallest absolute Gasteiger partial charge is 0.281 e. The van der Waals surface area contributed by atoms with Gasteiger partial charge in [0.25, 0.3) is 10.2 Å². The molecule has 1 amide bonds. The molecule has 1 aromatic carbocycles. The van der Waals surface area contributed by atoms with Crippen molar-refractivity contribution >= 4 is 16.1 Å². The van der Waals surface area contributed by atoms with Gasteiger partial charge in [0.15, 0.2) is 0 Å². The van der Waals surface area contributed by atoms with Gasteiger partial charge in [-0.1, -0.05) is 12.1 Å². The van der Waals surface area contributed by atoms with E-state index < -0.39 is 10.2 Å². The first kappa shape index (κ1) is 20.7. The summed E-state index contributed by atoms with van der Waals surface area (Å²) in [5, 5.41) is 2.92. The van der Waals surface area contributed by atoms with Crippen molar-refractivity contribution in [3.05, 3.63) is 29.8 Å². The molecular formula is C18H29N3O4S. The van der Waals surface area contributed by atoms with Crippen LogP contribution in [0.2, 0.25) is 0 Å². The maximum absolute atomic E-state index is 12.5. The highest BCUT2D eigenvalue weighted by Crippen LogP contribution is 2.21. The number of rotatable bonds is 7. The van der Waals surface area contributed by atoms with Crippen LogP contribution in [-0.4, -0.2) is 56.2 Å². The van der Waals surface area contributed by atoms with E-state index in [0.717, 1.165) is 11.3 Å². The first-order chi connectivity index (χ1) is 12.2. The predicted octanol–water partition coefficient (Wildman–Crippen LogP) is 1.61. The fourth-order valence-corrected chi connectivity index (χ4v) is 4.12. The second kappa shape index (κ2) is 8.83. The van der Waals surface area contributed by atoms with Crippen molar-refractivity contribution in [2.75, 3.05) is 27.2 Å². The Hall–Kier alpha value is -1.64. The maximum Gasteiger partial charge on any atom is 0.281 e. The molecule has 8 heteroatoms. The normalized spacial score (nSPS) is 18.9. The third-order valence-corrected chi connectivity index (χ3v) is 6.19. The van der Waals surface area contributed by atoms with Crippen LogP contribution in [0.25, 0.3) is 0 Å². The zero-order chi connectivity index (χ0) is 19.3. The van der Waals surface area contributed by atoms with Gasteiger partial charge >= 0.3 is 0 Å². The minimum atomic E-state index is -3.48. The van der Waals surface area contributed by atoms with Crippen LogP contribution >= 0.6 is 0 Å². The Labute approximate surface area is 156 Å². The van der Waals surface area contributed by atoms with Crippen LogP contribution in [0.5, 0.6) is 5.75 Å². The Kier molecular flexibility index (Phi) is 7.02. The van der Waals surface area contributed by atoms with E-state index in [-0.39, 0.29) is 24.5 Å². The second-order valence-electron chi connectivity index (χ2n) is 7.02. The van der Waals surface area contributed by atoms with Crippen LogP contribution in [0.15, 0.2) is 24.3 Å². The van der Waals surface area contributed by atoms with Gasteiger partial charge in [-0.2, -0.15) is 17.0 Å². The Morgan fingerprint density at radius 2 is 2.12 bits per heavy atom. The van der Waals surface area contributed by atoms with Crippen molar-refractivity contribution in [2.24, 2.45) is 5.92 Å². The molecule has 2 rings (SSSR count). The molecule has 0 unspecified atom stereocenters.